The molecule has 1 aromatic carbocycles. The van der Waals surface area contributed by atoms with E-state index in [0.29, 0.717) is 17.4 Å². The molecular weight excluding hydrogens is 318 g/mol. The van der Waals surface area contributed by atoms with Crippen LogP contribution in [0.2, 0.25) is 0 Å². The third-order valence-corrected chi connectivity index (χ3v) is 5.82. The predicted octanol–water partition coefficient (Wildman–Crippen LogP) is 3.65. The fourth-order valence-electron chi connectivity index (χ4n) is 5.01. The Morgan fingerprint density at radius 2 is 1.60 bits per heavy atom. The Kier molecular flexibility index (Phi) is 4.32. The maximum Gasteiger partial charge on any atom is 0.379 e. The second-order valence-corrected chi connectivity index (χ2v) is 7.63. The molecule has 4 aliphatic rings. The van der Waals surface area contributed by atoms with E-state index in [2.05, 4.69) is 5.16 Å². The van der Waals surface area contributed by atoms with Gasteiger partial charge in [0.15, 0.2) is 0 Å². The second kappa shape index (κ2) is 6.62. The van der Waals surface area contributed by atoms with Gasteiger partial charge in [-0.1, -0.05) is 35.5 Å². The fraction of sp³-hybridized carbons (Fsp3) is 0.550. The molecule has 4 fully saturated rings. The molecule has 0 spiro atoms. The molecule has 0 aliphatic heterocycles. The summed E-state index contributed by atoms with van der Waals surface area (Å²) in [4.78, 5) is 29.1. The highest BCUT2D eigenvalue weighted by atomic mass is 16.7. The Hall–Kier alpha value is -2.17. The first kappa shape index (κ1) is 16.3. The van der Waals surface area contributed by atoms with Crippen LogP contribution in [0.25, 0.3) is 0 Å². The van der Waals surface area contributed by atoms with Crippen LogP contribution in [0, 0.1) is 23.7 Å². The van der Waals surface area contributed by atoms with E-state index in [0.717, 1.165) is 17.5 Å². The van der Waals surface area contributed by atoms with Crippen molar-refractivity contribution >= 4 is 17.7 Å². The SMILES string of the molecule is CC(=O)OC(C(=O)ON=C1C2CC3CC(C2)CC1C3)c1ccccc1. The van der Waals surface area contributed by atoms with Crippen LogP contribution in [0.4, 0.5) is 0 Å². The standard InChI is InChI=1S/C20H23NO4/c1-12(22)24-19(15-5-3-2-4-6-15)20(23)25-21-18-16-8-13-7-14(10-16)11-17(18)9-13/h2-6,13-14,16-17,19H,7-11H2,1H3. The lowest BCUT2D eigenvalue weighted by Gasteiger charge is -2.49. The molecule has 5 heteroatoms. The topological polar surface area (TPSA) is 65.0 Å². The summed E-state index contributed by atoms with van der Waals surface area (Å²) in [6.07, 6.45) is 5.00. The summed E-state index contributed by atoms with van der Waals surface area (Å²) in [5, 5.41) is 4.25. The van der Waals surface area contributed by atoms with Gasteiger partial charge >= 0.3 is 11.9 Å². The lowest BCUT2D eigenvalue weighted by molar-refractivity contribution is -0.167. The van der Waals surface area contributed by atoms with Crippen LogP contribution in [-0.4, -0.2) is 17.7 Å². The summed E-state index contributed by atoms with van der Waals surface area (Å²) in [6, 6.07) is 8.91. The average Bonchev–Trinajstić information content (AvgIpc) is 2.59. The average molecular weight is 341 g/mol. The molecule has 5 rings (SSSR count). The summed E-state index contributed by atoms with van der Waals surface area (Å²) < 4.78 is 5.17. The summed E-state index contributed by atoms with van der Waals surface area (Å²) in [5.41, 5.74) is 1.64. The molecule has 4 saturated carbocycles. The molecule has 0 amide bonds. The normalized spacial score (nSPS) is 30.7. The van der Waals surface area contributed by atoms with Gasteiger partial charge in [0.05, 0.1) is 5.71 Å². The molecule has 5 nitrogen and oxygen atoms in total. The van der Waals surface area contributed by atoms with Gasteiger partial charge in [-0.3, -0.25) is 4.79 Å². The molecule has 0 heterocycles. The quantitative estimate of drug-likeness (QED) is 0.476. The second-order valence-electron chi connectivity index (χ2n) is 7.63. The summed E-state index contributed by atoms with van der Waals surface area (Å²) in [6.45, 7) is 1.28. The minimum Gasteiger partial charge on any atom is -0.445 e. The first-order valence-corrected chi connectivity index (χ1v) is 9.11. The van der Waals surface area contributed by atoms with Gasteiger partial charge in [0, 0.05) is 24.3 Å². The lowest BCUT2D eigenvalue weighted by Crippen LogP contribution is -2.45. The zero-order valence-electron chi connectivity index (χ0n) is 14.4. The summed E-state index contributed by atoms with van der Waals surface area (Å²) in [5.74, 6) is 1.43. The number of carbonyl (C=O) groups is 2. The molecule has 0 radical (unpaired) electrons. The Morgan fingerprint density at radius 3 is 2.16 bits per heavy atom. The maximum atomic E-state index is 12.5. The summed E-state index contributed by atoms with van der Waals surface area (Å²) >= 11 is 0. The van der Waals surface area contributed by atoms with Crippen LogP contribution in [0.3, 0.4) is 0 Å². The highest BCUT2D eigenvalue weighted by Crippen LogP contribution is 2.52. The van der Waals surface area contributed by atoms with Crippen LogP contribution < -0.4 is 0 Å². The van der Waals surface area contributed by atoms with E-state index >= 15 is 0 Å². The molecule has 25 heavy (non-hydrogen) atoms. The number of ether oxygens (including phenoxy) is 1. The third-order valence-electron chi connectivity index (χ3n) is 5.82. The number of nitrogens with zero attached hydrogens (tertiary/aromatic N) is 1. The molecule has 1 atom stereocenters. The van der Waals surface area contributed by atoms with Gasteiger partial charge in [-0.2, -0.15) is 0 Å². The van der Waals surface area contributed by atoms with Crippen molar-refractivity contribution in [2.75, 3.05) is 0 Å². The van der Waals surface area contributed by atoms with Crippen LogP contribution in [0.1, 0.15) is 50.7 Å². The van der Waals surface area contributed by atoms with E-state index in [4.69, 9.17) is 9.57 Å². The Bertz CT molecular complexity index is 667. The molecule has 4 aliphatic carbocycles. The molecule has 0 N–H and O–H groups in total. The van der Waals surface area contributed by atoms with E-state index in [1.165, 1.54) is 39.0 Å². The van der Waals surface area contributed by atoms with E-state index in [1.54, 1.807) is 24.3 Å². The zero-order chi connectivity index (χ0) is 17.4. The van der Waals surface area contributed by atoms with E-state index in [9.17, 15) is 9.59 Å². The van der Waals surface area contributed by atoms with Gasteiger partial charge in [0.1, 0.15) is 0 Å². The Balaban J connectivity index is 1.49. The predicted molar refractivity (Wildman–Crippen MR) is 91.5 cm³/mol. The smallest absolute Gasteiger partial charge is 0.379 e. The number of esters is 1. The van der Waals surface area contributed by atoms with Gasteiger partial charge in [-0.05, 0) is 43.9 Å². The van der Waals surface area contributed by atoms with Gasteiger partial charge in [0.2, 0.25) is 6.10 Å². The van der Waals surface area contributed by atoms with Crippen molar-refractivity contribution in [3.05, 3.63) is 35.9 Å². The number of benzene rings is 1. The Morgan fingerprint density at radius 1 is 1.00 bits per heavy atom. The molecular formula is C20H23NO4. The van der Waals surface area contributed by atoms with Crippen molar-refractivity contribution in [3.8, 4) is 0 Å². The molecule has 4 bridgehead atoms. The molecule has 132 valence electrons. The number of hydrogen-bond donors (Lipinski definition) is 0. The van der Waals surface area contributed by atoms with Crippen LogP contribution in [0.15, 0.2) is 35.5 Å². The monoisotopic (exact) mass is 341 g/mol. The van der Waals surface area contributed by atoms with Crippen LogP contribution in [-0.2, 0) is 19.2 Å². The van der Waals surface area contributed by atoms with Crippen molar-refractivity contribution in [1.29, 1.82) is 0 Å². The number of oxime groups is 1. The lowest BCUT2D eigenvalue weighted by atomic mass is 9.55. The van der Waals surface area contributed by atoms with Crippen molar-refractivity contribution in [1.82, 2.24) is 0 Å². The maximum absolute atomic E-state index is 12.5. The van der Waals surface area contributed by atoms with Gasteiger partial charge in [0.25, 0.3) is 0 Å². The molecule has 1 unspecified atom stereocenters. The van der Waals surface area contributed by atoms with Gasteiger partial charge in [-0.15, -0.1) is 0 Å². The third kappa shape index (κ3) is 3.32. The molecule has 0 aromatic heterocycles. The highest BCUT2D eigenvalue weighted by molar-refractivity contribution is 5.91. The minimum absolute atomic E-state index is 0.466. The highest BCUT2D eigenvalue weighted by Gasteiger charge is 2.46. The summed E-state index contributed by atoms with van der Waals surface area (Å²) in [7, 11) is 0. The van der Waals surface area contributed by atoms with Crippen LogP contribution >= 0.6 is 0 Å². The minimum atomic E-state index is -1.07. The van der Waals surface area contributed by atoms with Gasteiger partial charge < -0.3 is 9.57 Å². The Labute approximate surface area is 147 Å². The van der Waals surface area contributed by atoms with Gasteiger partial charge in [-0.25, -0.2) is 4.79 Å². The first-order valence-electron chi connectivity index (χ1n) is 9.11. The molecule has 1 aromatic rings. The van der Waals surface area contributed by atoms with Crippen molar-refractivity contribution in [2.24, 2.45) is 28.8 Å². The first-order chi connectivity index (χ1) is 12.1. The zero-order valence-corrected chi connectivity index (χ0v) is 14.4. The number of rotatable bonds is 4. The fourth-order valence-corrected chi connectivity index (χ4v) is 5.01. The molecule has 0 saturated heterocycles. The number of carbonyl (C=O) groups excluding carboxylic acids is 2. The number of hydrogen-bond acceptors (Lipinski definition) is 5. The van der Waals surface area contributed by atoms with Crippen molar-refractivity contribution in [2.45, 2.75) is 45.1 Å². The largest absolute Gasteiger partial charge is 0.445 e. The van der Waals surface area contributed by atoms with Crippen molar-refractivity contribution < 1.29 is 19.2 Å². The van der Waals surface area contributed by atoms with Crippen LogP contribution in [0.5, 0.6) is 0 Å². The van der Waals surface area contributed by atoms with E-state index < -0.39 is 18.0 Å². The van der Waals surface area contributed by atoms with E-state index in [1.807, 2.05) is 6.07 Å². The van der Waals surface area contributed by atoms with Crippen molar-refractivity contribution in [3.63, 3.8) is 0 Å². The van der Waals surface area contributed by atoms with E-state index in [-0.39, 0.29) is 0 Å².